The molecule has 152 valence electrons. The molecule has 0 saturated heterocycles. The van der Waals surface area contributed by atoms with Gasteiger partial charge in [0.05, 0.1) is 11.5 Å². The number of fused-ring (bicyclic) bond motifs is 1. The molecule has 2 amide bonds. The van der Waals surface area contributed by atoms with E-state index in [-0.39, 0.29) is 11.8 Å². The quantitative estimate of drug-likeness (QED) is 0.688. The number of aromatic nitrogens is 2. The number of benzene rings is 2. The zero-order valence-electron chi connectivity index (χ0n) is 16.5. The van der Waals surface area contributed by atoms with Gasteiger partial charge < -0.3 is 4.90 Å². The third-order valence-electron chi connectivity index (χ3n) is 6.33. The van der Waals surface area contributed by atoms with Gasteiger partial charge in [0.25, 0.3) is 5.91 Å². The lowest BCUT2D eigenvalue weighted by Gasteiger charge is -2.50. The second-order valence-corrected chi connectivity index (χ2v) is 8.77. The molecule has 1 saturated carbocycles. The Kier molecular flexibility index (Phi) is 4.83. The zero-order valence-corrected chi connectivity index (χ0v) is 17.3. The van der Waals surface area contributed by atoms with Gasteiger partial charge >= 0.3 is 0 Å². The standard InChI is InChI=1S/C23H22N4O2S/c28-20(25-22-26-24-15-30-22)19-17-10-4-5-11-18(17)21(29)27(23(19)12-6-7-13-23)14-16-8-2-1-3-9-16/h1-5,8-11,15,19H,6-7,12-14H2,(H,25,26,28)/t19-/m0/s1. The zero-order chi connectivity index (χ0) is 20.6. The van der Waals surface area contributed by atoms with Crippen LogP contribution in [0.3, 0.4) is 0 Å². The number of hydrogen-bond donors (Lipinski definition) is 1. The summed E-state index contributed by atoms with van der Waals surface area (Å²) >= 11 is 1.30. The highest BCUT2D eigenvalue weighted by Crippen LogP contribution is 2.51. The molecule has 0 unspecified atom stereocenters. The number of anilines is 1. The lowest BCUT2D eigenvalue weighted by molar-refractivity contribution is -0.121. The molecule has 0 radical (unpaired) electrons. The highest BCUT2D eigenvalue weighted by atomic mass is 32.1. The Morgan fingerprint density at radius 3 is 2.57 bits per heavy atom. The SMILES string of the molecule is O=C(Nc1nncs1)[C@@H]1c2ccccc2C(=O)N(Cc2ccccc2)C12CCCC2. The predicted molar refractivity (Wildman–Crippen MR) is 115 cm³/mol. The van der Waals surface area contributed by atoms with E-state index in [4.69, 9.17) is 0 Å². The minimum absolute atomic E-state index is 0.0105. The molecule has 2 aromatic carbocycles. The molecule has 5 rings (SSSR count). The maximum Gasteiger partial charge on any atom is 0.254 e. The first-order chi connectivity index (χ1) is 14.7. The van der Waals surface area contributed by atoms with Crippen LogP contribution in [0.2, 0.25) is 0 Å². The summed E-state index contributed by atoms with van der Waals surface area (Å²) in [6, 6.07) is 17.5. The number of amides is 2. The monoisotopic (exact) mass is 418 g/mol. The molecular weight excluding hydrogens is 396 g/mol. The topological polar surface area (TPSA) is 75.2 Å². The van der Waals surface area contributed by atoms with Crippen LogP contribution in [0.5, 0.6) is 0 Å². The highest BCUT2D eigenvalue weighted by Gasteiger charge is 2.55. The average molecular weight is 419 g/mol. The van der Waals surface area contributed by atoms with Crippen LogP contribution < -0.4 is 5.32 Å². The Balaban J connectivity index is 1.62. The van der Waals surface area contributed by atoms with Crippen LogP contribution in [-0.2, 0) is 11.3 Å². The van der Waals surface area contributed by atoms with Crippen LogP contribution >= 0.6 is 11.3 Å². The summed E-state index contributed by atoms with van der Waals surface area (Å²) in [6.07, 6.45) is 3.63. The largest absolute Gasteiger partial charge is 0.327 e. The van der Waals surface area contributed by atoms with Crippen molar-refractivity contribution in [1.29, 1.82) is 0 Å². The summed E-state index contributed by atoms with van der Waals surface area (Å²) in [4.78, 5) is 29.2. The molecular formula is C23H22N4O2S. The molecule has 1 aliphatic heterocycles. The van der Waals surface area contributed by atoms with E-state index in [0.717, 1.165) is 36.8 Å². The molecule has 1 aliphatic carbocycles. The van der Waals surface area contributed by atoms with Crippen molar-refractivity contribution < 1.29 is 9.59 Å². The molecule has 30 heavy (non-hydrogen) atoms. The summed E-state index contributed by atoms with van der Waals surface area (Å²) in [7, 11) is 0. The predicted octanol–water partition coefficient (Wildman–Crippen LogP) is 4.23. The second-order valence-electron chi connectivity index (χ2n) is 7.94. The Labute approximate surface area is 178 Å². The average Bonchev–Trinajstić information content (AvgIpc) is 3.45. The number of nitrogens with zero attached hydrogens (tertiary/aromatic N) is 3. The van der Waals surface area contributed by atoms with Crippen LogP contribution in [0.15, 0.2) is 60.1 Å². The van der Waals surface area contributed by atoms with Gasteiger partial charge in [-0.15, -0.1) is 10.2 Å². The van der Waals surface area contributed by atoms with E-state index >= 15 is 0 Å². The first-order valence-corrected chi connectivity index (χ1v) is 11.1. The van der Waals surface area contributed by atoms with Crippen LogP contribution in [0.4, 0.5) is 5.13 Å². The van der Waals surface area contributed by atoms with E-state index in [1.807, 2.05) is 59.5 Å². The third-order valence-corrected chi connectivity index (χ3v) is 6.93. The van der Waals surface area contributed by atoms with Crippen LogP contribution in [-0.4, -0.2) is 32.5 Å². The molecule has 2 aliphatic rings. The molecule has 0 bridgehead atoms. The Bertz CT molecular complexity index is 1060. The van der Waals surface area contributed by atoms with Crippen molar-refractivity contribution >= 4 is 28.3 Å². The molecule has 1 atom stereocenters. The van der Waals surface area contributed by atoms with E-state index in [1.54, 1.807) is 5.51 Å². The van der Waals surface area contributed by atoms with E-state index in [0.29, 0.717) is 17.2 Å². The fourth-order valence-electron chi connectivity index (χ4n) is 5.07. The fourth-order valence-corrected chi connectivity index (χ4v) is 5.52. The van der Waals surface area contributed by atoms with Crippen molar-refractivity contribution in [3.63, 3.8) is 0 Å². The summed E-state index contributed by atoms with van der Waals surface area (Å²) in [6.45, 7) is 0.497. The number of carbonyl (C=O) groups excluding carboxylic acids is 2. The van der Waals surface area contributed by atoms with Gasteiger partial charge in [-0.25, -0.2) is 0 Å². The molecule has 1 fully saturated rings. The molecule has 2 heterocycles. The molecule has 1 spiro atoms. The maximum atomic E-state index is 13.6. The van der Waals surface area contributed by atoms with Gasteiger partial charge in [-0.2, -0.15) is 0 Å². The van der Waals surface area contributed by atoms with Crippen molar-refractivity contribution in [3.8, 4) is 0 Å². The lowest BCUT2D eigenvalue weighted by Crippen LogP contribution is -2.59. The van der Waals surface area contributed by atoms with E-state index in [1.165, 1.54) is 11.3 Å². The van der Waals surface area contributed by atoms with E-state index in [2.05, 4.69) is 15.5 Å². The number of hydrogen-bond acceptors (Lipinski definition) is 5. The minimum atomic E-state index is -0.532. The molecule has 7 heteroatoms. The number of carbonyl (C=O) groups is 2. The van der Waals surface area contributed by atoms with Crippen molar-refractivity contribution in [2.75, 3.05) is 5.32 Å². The fraction of sp³-hybridized carbons (Fsp3) is 0.304. The van der Waals surface area contributed by atoms with Gasteiger partial charge in [0.1, 0.15) is 5.51 Å². The van der Waals surface area contributed by atoms with Crippen LogP contribution in [0, 0.1) is 0 Å². The van der Waals surface area contributed by atoms with Crippen molar-refractivity contribution in [2.24, 2.45) is 0 Å². The highest BCUT2D eigenvalue weighted by molar-refractivity contribution is 7.13. The smallest absolute Gasteiger partial charge is 0.254 e. The lowest BCUT2D eigenvalue weighted by atomic mass is 9.71. The van der Waals surface area contributed by atoms with Gasteiger partial charge in [-0.05, 0) is 30.0 Å². The van der Waals surface area contributed by atoms with Gasteiger partial charge in [0, 0.05) is 12.1 Å². The van der Waals surface area contributed by atoms with Gasteiger partial charge in [0.2, 0.25) is 11.0 Å². The normalized spacial score (nSPS) is 19.7. The Morgan fingerprint density at radius 2 is 1.83 bits per heavy atom. The van der Waals surface area contributed by atoms with Gasteiger partial charge in [-0.3, -0.25) is 14.9 Å². The second kappa shape index (κ2) is 7.65. The van der Waals surface area contributed by atoms with Crippen LogP contribution in [0.1, 0.15) is 53.1 Å². The van der Waals surface area contributed by atoms with E-state index < -0.39 is 11.5 Å². The minimum Gasteiger partial charge on any atom is -0.327 e. The molecule has 6 nitrogen and oxygen atoms in total. The third kappa shape index (κ3) is 3.10. The Hall–Kier alpha value is -3.06. The summed E-state index contributed by atoms with van der Waals surface area (Å²) in [5.41, 5.74) is 3.57. The van der Waals surface area contributed by atoms with Gasteiger partial charge in [0.15, 0.2) is 0 Å². The number of rotatable bonds is 4. The van der Waals surface area contributed by atoms with E-state index in [9.17, 15) is 9.59 Å². The maximum absolute atomic E-state index is 13.6. The summed E-state index contributed by atoms with van der Waals surface area (Å²) < 4.78 is 0. The molecule has 1 N–H and O–H groups in total. The number of nitrogens with one attached hydrogen (secondary N) is 1. The first kappa shape index (κ1) is 18.9. The summed E-state index contributed by atoms with van der Waals surface area (Å²) in [5.74, 6) is -0.551. The summed E-state index contributed by atoms with van der Waals surface area (Å²) in [5, 5.41) is 11.2. The molecule has 3 aromatic rings. The van der Waals surface area contributed by atoms with Crippen molar-refractivity contribution in [1.82, 2.24) is 15.1 Å². The van der Waals surface area contributed by atoms with Crippen molar-refractivity contribution in [3.05, 3.63) is 76.8 Å². The van der Waals surface area contributed by atoms with Gasteiger partial charge in [-0.1, -0.05) is 72.7 Å². The Morgan fingerprint density at radius 1 is 1.10 bits per heavy atom. The van der Waals surface area contributed by atoms with Crippen molar-refractivity contribution in [2.45, 2.75) is 43.7 Å². The van der Waals surface area contributed by atoms with Crippen LogP contribution in [0.25, 0.3) is 0 Å². The first-order valence-electron chi connectivity index (χ1n) is 10.2. The molecule has 1 aromatic heterocycles.